The summed E-state index contributed by atoms with van der Waals surface area (Å²) in [5.74, 6) is -3.31. The molecule has 2 heterocycles. The van der Waals surface area contributed by atoms with E-state index in [0.29, 0.717) is 32.2 Å². The number of nitrogens with zero attached hydrogens (tertiary/aromatic N) is 2. The number of primary amides is 1. The maximum Gasteiger partial charge on any atom is 0.417 e. The molecule has 2 aliphatic rings. The second kappa shape index (κ2) is 14.8. The zero-order valence-electron chi connectivity index (χ0n) is 24.8. The highest BCUT2D eigenvalue weighted by molar-refractivity contribution is 6.02. The van der Waals surface area contributed by atoms with Crippen LogP contribution in [-0.4, -0.2) is 76.1 Å². The lowest BCUT2D eigenvalue weighted by Crippen LogP contribution is -2.60. The van der Waals surface area contributed by atoms with Gasteiger partial charge in [-0.25, -0.2) is 9.69 Å². The van der Waals surface area contributed by atoms with Gasteiger partial charge in [0.2, 0.25) is 29.5 Å². The Balaban J connectivity index is 1.73. The number of amides is 6. The molecule has 2 aliphatic heterocycles. The van der Waals surface area contributed by atoms with E-state index in [-0.39, 0.29) is 37.2 Å². The Hall–Kier alpha value is -3.96. The number of imide groups is 1. The van der Waals surface area contributed by atoms with E-state index in [0.717, 1.165) is 10.5 Å². The summed E-state index contributed by atoms with van der Waals surface area (Å²) in [6.45, 7) is 7.69. The molecule has 4 N–H and O–H groups in total. The van der Waals surface area contributed by atoms with Gasteiger partial charge in [0.15, 0.2) is 0 Å². The topological polar surface area (TPSA) is 168 Å². The van der Waals surface area contributed by atoms with Crippen LogP contribution in [0.4, 0.5) is 4.79 Å². The molecule has 1 aromatic carbocycles. The molecule has 2 saturated heterocycles. The van der Waals surface area contributed by atoms with Gasteiger partial charge in [-0.3, -0.25) is 24.0 Å². The lowest BCUT2D eigenvalue weighted by molar-refractivity contribution is -0.142. The molecule has 42 heavy (non-hydrogen) atoms. The minimum atomic E-state index is -1.13. The zero-order chi connectivity index (χ0) is 31.0. The average molecular weight is 586 g/mol. The first-order valence-electron chi connectivity index (χ1n) is 14.7. The minimum absolute atomic E-state index is 0.0137. The average Bonchev–Trinajstić information content (AvgIpc) is 3.64. The standard InChI is InChI=1S/C30H43N5O7/c1-5-18(3)24(28(39)33-25(19(4)6-2)29(40)34-16-10-13-21(34)26(31)37)32-27(38)22-14-15-23(36)35(22)30(41)42-17-20-11-8-7-9-12-20/h7-9,11-12,18-19,21-22,24-25H,5-6,10,13-17H2,1-4H3,(H2,31,37)(H,32,38)(H,33,39)/t18-,19+,21-,22+,24-,25+/m1/s1. The summed E-state index contributed by atoms with van der Waals surface area (Å²) in [5, 5.41) is 5.56. The Morgan fingerprint density at radius 1 is 0.952 bits per heavy atom. The fourth-order valence-electron chi connectivity index (χ4n) is 5.33. The largest absolute Gasteiger partial charge is 0.444 e. The van der Waals surface area contributed by atoms with E-state index >= 15 is 0 Å². The predicted molar refractivity (Wildman–Crippen MR) is 153 cm³/mol. The quantitative estimate of drug-likeness (QED) is 0.336. The van der Waals surface area contributed by atoms with Gasteiger partial charge in [0.1, 0.15) is 30.8 Å². The van der Waals surface area contributed by atoms with Gasteiger partial charge in [0, 0.05) is 13.0 Å². The summed E-state index contributed by atoms with van der Waals surface area (Å²) in [4.78, 5) is 80.2. The number of nitrogens with two attached hydrogens (primary N) is 1. The van der Waals surface area contributed by atoms with Crippen molar-refractivity contribution in [3.8, 4) is 0 Å². The Labute approximate surface area is 246 Å². The van der Waals surface area contributed by atoms with Crippen LogP contribution < -0.4 is 16.4 Å². The Morgan fingerprint density at radius 2 is 1.60 bits per heavy atom. The molecule has 0 radical (unpaired) electrons. The van der Waals surface area contributed by atoms with E-state index in [1.54, 1.807) is 31.2 Å². The lowest BCUT2D eigenvalue weighted by Gasteiger charge is -2.33. The second-order valence-electron chi connectivity index (χ2n) is 11.2. The number of likely N-dealkylation sites (tertiary alicyclic amines) is 2. The Morgan fingerprint density at radius 3 is 2.21 bits per heavy atom. The van der Waals surface area contributed by atoms with Crippen molar-refractivity contribution in [2.45, 2.75) is 97.0 Å². The van der Waals surface area contributed by atoms with Crippen molar-refractivity contribution in [1.82, 2.24) is 20.4 Å². The lowest BCUT2D eigenvalue weighted by atomic mass is 9.94. The second-order valence-corrected chi connectivity index (χ2v) is 11.2. The molecule has 0 saturated carbocycles. The van der Waals surface area contributed by atoms with E-state index in [9.17, 15) is 28.8 Å². The molecule has 0 unspecified atom stereocenters. The number of hydrogen-bond donors (Lipinski definition) is 3. The highest BCUT2D eigenvalue weighted by Gasteiger charge is 2.44. The molecule has 1 aromatic rings. The highest BCUT2D eigenvalue weighted by atomic mass is 16.6. The van der Waals surface area contributed by atoms with Gasteiger partial charge in [-0.15, -0.1) is 0 Å². The van der Waals surface area contributed by atoms with Crippen molar-refractivity contribution in [3.05, 3.63) is 35.9 Å². The van der Waals surface area contributed by atoms with Crippen LogP contribution in [0.1, 0.15) is 71.8 Å². The van der Waals surface area contributed by atoms with E-state index in [2.05, 4.69) is 10.6 Å². The molecular formula is C30H43N5O7. The number of rotatable bonds is 12. The number of ether oxygens (including phenoxy) is 1. The van der Waals surface area contributed by atoms with Crippen molar-refractivity contribution in [1.29, 1.82) is 0 Å². The van der Waals surface area contributed by atoms with Crippen LogP contribution in [-0.2, 0) is 35.3 Å². The van der Waals surface area contributed by atoms with Gasteiger partial charge in [-0.2, -0.15) is 0 Å². The SMILES string of the molecule is CC[C@@H](C)[C@@H](NC(=O)[C@@H]1CCC(=O)N1C(=O)OCc1ccccc1)C(=O)N[C@H](C(=O)N1CCC[C@@H]1C(N)=O)[C@@H](C)CC. The predicted octanol–water partition coefficient (Wildman–Crippen LogP) is 1.85. The van der Waals surface area contributed by atoms with E-state index in [1.165, 1.54) is 4.90 Å². The number of hydrogen-bond acceptors (Lipinski definition) is 7. The minimum Gasteiger partial charge on any atom is -0.444 e. The number of benzene rings is 1. The Kier molecular flexibility index (Phi) is 11.5. The van der Waals surface area contributed by atoms with Crippen molar-refractivity contribution >= 4 is 35.6 Å². The van der Waals surface area contributed by atoms with Gasteiger partial charge in [-0.05, 0) is 36.7 Å². The van der Waals surface area contributed by atoms with Gasteiger partial charge in [-0.1, -0.05) is 70.9 Å². The maximum absolute atomic E-state index is 13.6. The molecular weight excluding hydrogens is 542 g/mol. The van der Waals surface area contributed by atoms with E-state index in [4.69, 9.17) is 10.5 Å². The van der Waals surface area contributed by atoms with Crippen molar-refractivity contribution < 1.29 is 33.5 Å². The van der Waals surface area contributed by atoms with Crippen molar-refractivity contribution in [3.63, 3.8) is 0 Å². The molecule has 0 aliphatic carbocycles. The molecule has 0 spiro atoms. The summed E-state index contributed by atoms with van der Waals surface area (Å²) in [5.41, 5.74) is 6.25. The van der Waals surface area contributed by atoms with E-state index < -0.39 is 53.9 Å². The molecule has 6 atom stereocenters. The third-order valence-corrected chi connectivity index (χ3v) is 8.35. The first-order chi connectivity index (χ1) is 20.0. The van der Waals surface area contributed by atoms with Crippen LogP contribution in [0, 0.1) is 11.8 Å². The van der Waals surface area contributed by atoms with Crippen LogP contribution in [0.15, 0.2) is 30.3 Å². The summed E-state index contributed by atoms with van der Waals surface area (Å²) in [6.07, 6.45) is 1.37. The third kappa shape index (κ3) is 7.65. The first-order valence-corrected chi connectivity index (χ1v) is 14.7. The molecule has 6 amide bonds. The maximum atomic E-state index is 13.6. The molecule has 0 aromatic heterocycles. The number of nitrogens with one attached hydrogen (secondary N) is 2. The Bertz CT molecular complexity index is 1160. The number of carbonyl (C=O) groups is 6. The summed E-state index contributed by atoms with van der Waals surface area (Å²) in [7, 11) is 0. The molecule has 230 valence electrons. The van der Waals surface area contributed by atoms with Crippen molar-refractivity contribution in [2.24, 2.45) is 17.6 Å². The first kappa shape index (κ1) is 32.6. The monoisotopic (exact) mass is 585 g/mol. The molecule has 0 bridgehead atoms. The highest BCUT2D eigenvalue weighted by Crippen LogP contribution is 2.23. The molecule has 2 fully saturated rings. The van der Waals surface area contributed by atoms with Gasteiger partial charge in [0.05, 0.1) is 0 Å². The summed E-state index contributed by atoms with van der Waals surface area (Å²) in [6, 6.07) is 5.13. The van der Waals surface area contributed by atoms with Crippen LogP contribution >= 0.6 is 0 Å². The fourth-order valence-corrected chi connectivity index (χ4v) is 5.33. The zero-order valence-corrected chi connectivity index (χ0v) is 24.8. The fraction of sp³-hybridized carbons (Fsp3) is 0.600. The third-order valence-electron chi connectivity index (χ3n) is 8.35. The van der Waals surface area contributed by atoms with Crippen LogP contribution in [0.25, 0.3) is 0 Å². The van der Waals surface area contributed by atoms with Gasteiger partial charge >= 0.3 is 6.09 Å². The molecule has 3 rings (SSSR count). The van der Waals surface area contributed by atoms with Gasteiger partial charge in [0.25, 0.3) is 0 Å². The van der Waals surface area contributed by atoms with Crippen molar-refractivity contribution in [2.75, 3.05) is 6.54 Å². The smallest absolute Gasteiger partial charge is 0.417 e. The van der Waals surface area contributed by atoms with Crippen LogP contribution in [0.3, 0.4) is 0 Å². The number of carbonyl (C=O) groups excluding carboxylic acids is 6. The molecule has 12 nitrogen and oxygen atoms in total. The summed E-state index contributed by atoms with van der Waals surface area (Å²) < 4.78 is 5.31. The normalized spacial score (nSPS) is 21.3. The molecule has 12 heteroatoms. The summed E-state index contributed by atoms with van der Waals surface area (Å²) >= 11 is 0. The van der Waals surface area contributed by atoms with Crippen LogP contribution in [0.2, 0.25) is 0 Å². The van der Waals surface area contributed by atoms with Crippen LogP contribution in [0.5, 0.6) is 0 Å². The van der Waals surface area contributed by atoms with E-state index in [1.807, 2.05) is 26.8 Å². The van der Waals surface area contributed by atoms with Gasteiger partial charge < -0.3 is 26.0 Å².